The van der Waals surface area contributed by atoms with Crippen LogP contribution < -0.4 is 11.1 Å². The summed E-state index contributed by atoms with van der Waals surface area (Å²) in [6.45, 7) is 1.90. The lowest BCUT2D eigenvalue weighted by molar-refractivity contribution is 0.0930. The van der Waals surface area contributed by atoms with Crippen molar-refractivity contribution in [3.63, 3.8) is 0 Å². The van der Waals surface area contributed by atoms with Gasteiger partial charge in [-0.25, -0.2) is 9.97 Å². The highest BCUT2D eigenvalue weighted by atomic mass is 16.2. The van der Waals surface area contributed by atoms with Crippen LogP contribution in [-0.2, 0) is 0 Å². The van der Waals surface area contributed by atoms with Gasteiger partial charge in [0.15, 0.2) is 11.5 Å². The highest BCUT2D eigenvalue weighted by molar-refractivity contribution is 6.14. The summed E-state index contributed by atoms with van der Waals surface area (Å²) >= 11 is 0. The van der Waals surface area contributed by atoms with E-state index in [4.69, 9.17) is 11.1 Å². The van der Waals surface area contributed by atoms with Crippen molar-refractivity contribution in [2.24, 2.45) is 0 Å². The van der Waals surface area contributed by atoms with Gasteiger partial charge in [-0.15, -0.1) is 0 Å². The molecule has 0 aliphatic heterocycles. The predicted octanol–water partition coefficient (Wildman–Crippen LogP) is 2.84. The Morgan fingerprint density at radius 1 is 1.14 bits per heavy atom. The molecular weight excluding hydrogens is 366 g/mol. The maximum Gasteiger partial charge on any atom is 0.287 e. The number of aromatic amines is 1. The standard InChI is InChI=1S/C21H19N7O/c1-12(13-5-3-2-4-6-13)25-21(29)20-26-16-11-15(18(23)27-19(16)28-20)17(22)14-7-9-24-10-8-14/h2-12,22H,1H3,(H,25,29)(H3,23,26,27,28). The number of pyridine rings is 2. The summed E-state index contributed by atoms with van der Waals surface area (Å²) in [5.74, 6) is -0.0265. The predicted molar refractivity (Wildman–Crippen MR) is 111 cm³/mol. The average Bonchev–Trinajstić information content (AvgIpc) is 3.17. The lowest BCUT2D eigenvalue weighted by Gasteiger charge is -2.12. The molecule has 0 aliphatic rings. The number of nitrogens with zero attached hydrogens (tertiary/aromatic N) is 3. The van der Waals surface area contributed by atoms with Crippen LogP contribution in [-0.4, -0.2) is 31.6 Å². The topological polar surface area (TPSA) is 133 Å². The monoisotopic (exact) mass is 385 g/mol. The molecule has 8 heteroatoms. The molecule has 8 nitrogen and oxygen atoms in total. The van der Waals surface area contributed by atoms with Crippen LogP contribution in [0.15, 0.2) is 60.9 Å². The third-order valence-electron chi connectivity index (χ3n) is 4.60. The minimum atomic E-state index is -0.344. The van der Waals surface area contributed by atoms with E-state index in [1.807, 2.05) is 37.3 Å². The van der Waals surface area contributed by atoms with Gasteiger partial charge in [-0.2, -0.15) is 0 Å². The molecule has 0 saturated carbocycles. The highest BCUT2D eigenvalue weighted by Crippen LogP contribution is 2.20. The second kappa shape index (κ2) is 7.51. The molecule has 5 N–H and O–H groups in total. The number of nitrogens with one attached hydrogen (secondary N) is 3. The fourth-order valence-electron chi connectivity index (χ4n) is 3.03. The number of H-pyrrole nitrogens is 1. The Morgan fingerprint density at radius 2 is 1.86 bits per heavy atom. The Bertz CT molecular complexity index is 1190. The molecule has 1 unspecified atom stereocenters. The number of rotatable bonds is 5. The van der Waals surface area contributed by atoms with Gasteiger partial charge >= 0.3 is 0 Å². The summed E-state index contributed by atoms with van der Waals surface area (Å²) in [6, 6.07) is 14.6. The van der Waals surface area contributed by atoms with Crippen LogP contribution in [0.2, 0.25) is 0 Å². The first kappa shape index (κ1) is 18.3. The molecule has 0 aliphatic carbocycles. The van der Waals surface area contributed by atoms with Gasteiger partial charge in [-0.05, 0) is 30.7 Å². The number of nitrogens with two attached hydrogens (primary N) is 1. The van der Waals surface area contributed by atoms with Crippen LogP contribution in [0.4, 0.5) is 5.82 Å². The highest BCUT2D eigenvalue weighted by Gasteiger charge is 2.18. The van der Waals surface area contributed by atoms with Crippen molar-refractivity contribution in [1.29, 1.82) is 5.41 Å². The molecule has 3 heterocycles. The van der Waals surface area contributed by atoms with Gasteiger partial charge in [0, 0.05) is 23.5 Å². The fourth-order valence-corrected chi connectivity index (χ4v) is 3.03. The molecular formula is C21H19N7O. The molecule has 144 valence electrons. The van der Waals surface area contributed by atoms with E-state index in [9.17, 15) is 4.79 Å². The summed E-state index contributed by atoms with van der Waals surface area (Å²) in [5.41, 5.74) is 9.24. The van der Waals surface area contributed by atoms with Crippen LogP contribution >= 0.6 is 0 Å². The number of fused-ring (bicyclic) bond motifs is 1. The van der Waals surface area contributed by atoms with Crippen molar-refractivity contribution >= 4 is 28.6 Å². The first-order chi connectivity index (χ1) is 14.0. The maximum absolute atomic E-state index is 12.6. The van der Waals surface area contributed by atoms with Crippen molar-refractivity contribution in [1.82, 2.24) is 25.3 Å². The molecule has 0 fully saturated rings. The minimum absolute atomic E-state index is 0.141. The van der Waals surface area contributed by atoms with Crippen LogP contribution in [0, 0.1) is 5.41 Å². The van der Waals surface area contributed by atoms with Gasteiger partial charge in [0.2, 0.25) is 0 Å². The van der Waals surface area contributed by atoms with E-state index in [-0.39, 0.29) is 29.3 Å². The Kier molecular flexibility index (Phi) is 4.74. The Morgan fingerprint density at radius 3 is 2.59 bits per heavy atom. The number of benzene rings is 1. The molecule has 4 rings (SSSR count). The third-order valence-corrected chi connectivity index (χ3v) is 4.60. The molecule has 0 spiro atoms. The molecule has 1 aromatic carbocycles. The number of hydrogen-bond acceptors (Lipinski definition) is 6. The van der Waals surface area contributed by atoms with Crippen LogP contribution in [0.25, 0.3) is 11.2 Å². The van der Waals surface area contributed by atoms with Crippen molar-refractivity contribution in [3.8, 4) is 0 Å². The molecule has 1 atom stereocenters. The fraction of sp³-hybridized carbons (Fsp3) is 0.0952. The Labute approximate surface area is 166 Å². The summed E-state index contributed by atoms with van der Waals surface area (Å²) in [5, 5.41) is 11.3. The van der Waals surface area contributed by atoms with E-state index in [0.29, 0.717) is 22.3 Å². The van der Waals surface area contributed by atoms with Gasteiger partial charge in [-0.1, -0.05) is 30.3 Å². The van der Waals surface area contributed by atoms with Crippen molar-refractivity contribution in [2.75, 3.05) is 5.73 Å². The van der Waals surface area contributed by atoms with E-state index in [1.165, 1.54) is 0 Å². The second-order valence-electron chi connectivity index (χ2n) is 6.59. The quantitative estimate of drug-likeness (QED) is 0.392. The SMILES string of the molecule is CC(NC(=O)c1nc2nc(N)c(C(=N)c3ccncc3)cc2[nH]1)c1ccccc1. The van der Waals surface area contributed by atoms with Crippen molar-refractivity contribution < 1.29 is 4.79 Å². The van der Waals surface area contributed by atoms with Crippen molar-refractivity contribution in [3.05, 3.63) is 83.4 Å². The van der Waals surface area contributed by atoms with Gasteiger partial charge in [0.05, 0.1) is 17.3 Å². The van der Waals surface area contributed by atoms with E-state index < -0.39 is 0 Å². The zero-order valence-electron chi connectivity index (χ0n) is 15.7. The maximum atomic E-state index is 12.6. The average molecular weight is 385 g/mol. The van der Waals surface area contributed by atoms with E-state index in [1.54, 1.807) is 30.6 Å². The number of anilines is 1. The number of hydrogen-bond donors (Lipinski definition) is 4. The van der Waals surface area contributed by atoms with Gasteiger partial charge < -0.3 is 16.0 Å². The largest absolute Gasteiger partial charge is 0.383 e. The first-order valence-electron chi connectivity index (χ1n) is 9.04. The lowest BCUT2D eigenvalue weighted by Crippen LogP contribution is -2.27. The third kappa shape index (κ3) is 3.68. The van der Waals surface area contributed by atoms with Crippen molar-refractivity contribution in [2.45, 2.75) is 13.0 Å². The van der Waals surface area contributed by atoms with E-state index >= 15 is 0 Å². The number of carbonyl (C=O) groups excluding carboxylic acids is 1. The number of imidazole rings is 1. The summed E-state index contributed by atoms with van der Waals surface area (Å²) in [6.07, 6.45) is 3.22. The molecule has 4 aromatic rings. The van der Waals surface area contributed by atoms with Gasteiger partial charge in [0.1, 0.15) is 5.82 Å². The van der Waals surface area contributed by atoms with E-state index in [2.05, 4.69) is 25.3 Å². The van der Waals surface area contributed by atoms with Crippen LogP contribution in [0.5, 0.6) is 0 Å². The number of carbonyl (C=O) groups is 1. The zero-order chi connectivity index (χ0) is 20.4. The lowest BCUT2D eigenvalue weighted by atomic mass is 10.0. The zero-order valence-corrected chi connectivity index (χ0v) is 15.7. The first-order valence-corrected chi connectivity index (χ1v) is 9.04. The van der Waals surface area contributed by atoms with Gasteiger partial charge in [0.25, 0.3) is 5.91 Å². The summed E-state index contributed by atoms with van der Waals surface area (Å²) in [4.78, 5) is 28.1. The summed E-state index contributed by atoms with van der Waals surface area (Å²) in [7, 11) is 0. The number of nitrogen functional groups attached to an aromatic ring is 1. The molecule has 1 amide bonds. The molecule has 0 saturated heterocycles. The molecule has 29 heavy (non-hydrogen) atoms. The van der Waals surface area contributed by atoms with Crippen LogP contribution in [0.3, 0.4) is 0 Å². The Hall–Kier alpha value is -4.07. The van der Waals surface area contributed by atoms with E-state index in [0.717, 1.165) is 5.56 Å². The molecule has 0 bridgehead atoms. The molecule has 0 radical (unpaired) electrons. The number of amides is 1. The Balaban J connectivity index is 1.61. The smallest absolute Gasteiger partial charge is 0.287 e. The molecule has 3 aromatic heterocycles. The minimum Gasteiger partial charge on any atom is -0.383 e. The second-order valence-corrected chi connectivity index (χ2v) is 6.59. The van der Waals surface area contributed by atoms with Crippen LogP contribution in [0.1, 0.15) is 40.3 Å². The summed E-state index contributed by atoms with van der Waals surface area (Å²) < 4.78 is 0. The van der Waals surface area contributed by atoms with Gasteiger partial charge in [-0.3, -0.25) is 15.2 Å². The number of aromatic nitrogens is 4. The normalized spacial score (nSPS) is 11.9.